The van der Waals surface area contributed by atoms with Crippen molar-refractivity contribution < 1.29 is 9.72 Å². The molecule has 1 saturated heterocycles. The van der Waals surface area contributed by atoms with Crippen molar-refractivity contribution in [3.63, 3.8) is 0 Å². The smallest absolute Gasteiger partial charge is 0.292 e. The Labute approximate surface area is 162 Å². The van der Waals surface area contributed by atoms with Crippen LogP contribution in [0.25, 0.3) is 0 Å². The van der Waals surface area contributed by atoms with E-state index in [0.717, 1.165) is 18.8 Å². The molecular formula is C19H21ClN4O3. The van der Waals surface area contributed by atoms with Gasteiger partial charge in [-0.15, -0.1) is 0 Å². The van der Waals surface area contributed by atoms with E-state index in [1.165, 1.54) is 6.07 Å². The molecule has 8 heteroatoms. The zero-order valence-electron chi connectivity index (χ0n) is 14.8. The fraction of sp³-hybridized carbons (Fsp3) is 0.316. The van der Waals surface area contributed by atoms with E-state index in [-0.39, 0.29) is 11.6 Å². The van der Waals surface area contributed by atoms with Gasteiger partial charge < -0.3 is 15.1 Å². The zero-order valence-corrected chi connectivity index (χ0v) is 15.6. The molecule has 1 N–H and O–H groups in total. The second-order valence-corrected chi connectivity index (χ2v) is 6.74. The number of rotatable bonds is 6. The van der Waals surface area contributed by atoms with Crippen molar-refractivity contribution in [3.8, 4) is 0 Å². The maximum Gasteiger partial charge on any atom is 0.292 e. The molecule has 1 aliphatic heterocycles. The number of piperazine rings is 1. The molecule has 0 atom stereocenters. The first-order valence-electron chi connectivity index (χ1n) is 8.80. The predicted molar refractivity (Wildman–Crippen MR) is 106 cm³/mol. The van der Waals surface area contributed by atoms with Gasteiger partial charge in [0, 0.05) is 55.9 Å². The molecule has 0 unspecified atom stereocenters. The minimum Gasteiger partial charge on any atom is -0.379 e. The molecular weight excluding hydrogens is 368 g/mol. The molecule has 0 bridgehead atoms. The van der Waals surface area contributed by atoms with Gasteiger partial charge in [-0.1, -0.05) is 29.8 Å². The van der Waals surface area contributed by atoms with Crippen LogP contribution in [0.4, 0.5) is 17.1 Å². The van der Waals surface area contributed by atoms with Gasteiger partial charge in [0.15, 0.2) is 0 Å². The van der Waals surface area contributed by atoms with Crippen LogP contribution >= 0.6 is 11.6 Å². The summed E-state index contributed by atoms with van der Waals surface area (Å²) in [5.41, 5.74) is 1.51. The molecule has 27 heavy (non-hydrogen) atoms. The molecule has 3 rings (SSSR count). The molecule has 7 nitrogen and oxygen atoms in total. The number of halogens is 1. The van der Waals surface area contributed by atoms with Crippen LogP contribution in [0.5, 0.6) is 0 Å². The van der Waals surface area contributed by atoms with Gasteiger partial charge in [-0.05, 0) is 24.3 Å². The van der Waals surface area contributed by atoms with Gasteiger partial charge in [0.05, 0.1) is 4.92 Å². The minimum atomic E-state index is -0.431. The minimum absolute atomic E-state index is 0.0140. The Balaban J connectivity index is 1.47. The standard InChI is InChI=1S/C19H21ClN4O3/c20-15-4-3-5-16(14-15)22-10-12-23(13-11-22)19(25)8-9-21-17-6-1-2-7-18(17)24(26)27/h1-7,14,21H,8-13H2. The number of nitro groups is 1. The summed E-state index contributed by atoms with van der Waals surface area (Å²) in [6.07, 6.45) is 0.295. The summed E-state index contributed by atoms with van der Waals surface area (Å²) in [7, 11) is 0. The van der Waals surface area contributed by atoms with Crippen LogP contribution in [0.3, 0.4) is 0 Å². The molecule has 0 saturated carbocycles. The van der Waals surface area contributed by atoms with Crippen LogP contribution in [0.2, 0.25) is 5.02 Å². The molecule has 1 fully saturated rings. The fourth-order valence-electron chi connectivity index (χ4n) is 3.13. The Hall–Kier alpha value is -2.80. The summed E-state index contributed by atoms with van der Waals surface area (Å²) >= 11 is 6.04. The lowest BCUT2D eigenvalue weighted by Crippen LogP contribution is -2.49. The molecule has 2 aromatic rings. The summed E-state index contributed by atoms with van der Waals surface area (Å²) in [5, 5.41) is 14.7. The maximum atomic E-state index is 12.4. The van der Waals surface area contributed by atoms with E-state index >= 15 is 0 Å². The number of nitrogens with one attached hydrogen (secondary N) is 1. The van der Waals surface area contributed by atoms with E-state index in [9.17, 15) is 14.9 Å². The van der Waals surface area contributed by atoms with Crippen LogP contribution in [-0.4, -0.2) is 48.5 Å². The van der Waals surface area contributed by atoms with Crippen molar-refractivity contribution in [2.24, 2.45) is 0 Å². The van der Waals surface area contributed by atoms with Gasteiger partial charge in [-0.2, -0.15) is 0 Å². The van der Waals surface area contributed by atoms with Crippen molar-refractivity contribution in [2.75, 3.05) is 42.9 Å². The largest absolute Gasteiger partial charge is 0.379 e. The second-order valence-electron chi connectivity index (χ2n) is 6.30. The number of carbonyl (C=O) groups is 1. The highest BCUT2D eigenvalue weighted by molar-refractivity contribution is 6.30. The summed E-state index contributed by atoms with van der Waals surface area (Å²) in [4.78, 5) is 27.0. The van der Waals surface area contributed by atoms with E-state index in [1.807, 2.05) is 29.2 Å². The Morgan fingerprint density at radius 2 is 1.85 bits per heavy atom. The van der Waals surface area contributed by atoms with Crippen molar-refractivity contribution >= 4 is 34.6 Å². The van der Waals surface area contributed by atoms with Gasteiger partial charge in [-0.25, -0.2) is 0 Å². The van der Waals surface area contributed by atoms with Crippen LogP contribution in [0.1, 0.15) is 6.42 Å². The van der Waals surface area contributed by atoms with E-state index < -0.39 is 4.92 Å². The van der Waals surface area contributed by atoms with Crippen LogP contribution < -0.4 is 10.2 Å². The summed E-state index contributed by atoms with van der Waals surface area (Å²) in [6, 6.07) is 14.1. The van der Waals surface area contributed by atoms with E-state index in [4.69, 9.17) is 11.6 Å². The predicted octanol–water partition coefficient (Wildman–Crippen LogP) is 3.40. The SMILES string of the molecule is O=C(CCNc1ccccc1[N+](=O)[O-])N1CCN(c2cccc(Cl)c2)CC1. The molecule has 0 radical (unpaired) electrons. The molecule has 0 spiro atoms. The summed E-state index contributed by atoms with van der Waals surface area (Å²) in [6.45, 7) is 3.17. The molecule has 142 valence electrons. The molecule has 1 heterocycles. The normalized spacial score (nSPS) is 14.1. The van der Waals surface area contributed by atoms with Gasteiger partial charge in [0.2, 0.25) is 5.91 Å². The zero-order chi connectivity index (χ0) is 19.2. The third-order valence-electron chi connectivity index (χ3n) is 4.56. The number of para-hydroxylation sites is 2. The van der Waals surface area contributed by atoms with Crippen LogP contribution in [-0.2, 0) is 4.79 Å². The Kier molecular flexibility index (Phi) is 6.13. The first kappa shape index (κ1) is 19.0. The fourth-order valence-corrected chi connectivity index (χ4v) is 3.32. The quantitative estimate of drug-likeness (QED) is 0.606. The van der Waals surface area contributed by atoms with E-state index in [1.54, 1.807) is 18.2 Å². The number of benzene rings is 2. The first-order valence-corrected chi connectivity index (χ1v) is 9.18. The Morgan fingerprint density at radius 3 is 2.56 bits per heavy atom. The number of anilines is 2. The lowest BCUT2D eigenvalue weighted by molar-refractivity contribution is -0.384. The lowest BCUT2D eigenvalue weighted by atomic mass is 10.2. The average Bonchev–Trinajstić information content (AvgIpc) is 2.68. The van der Waals surface area contributed by atoms with Crippen molar-refractivity contribution in [3.05, 3.63) is 63.7 Å². The number of nitro benzene ring substituents is 1. The average molecular weight is 389 g/mol. The lowest BCUT2D eigenvalue weighted by Gasteiger charge is -2.36. The Morgan fingerprint density at radius 1 is 1.11 bits per heavy atom. The second kappa shape index (κ2) is 8.73. The monoisotopic (exact) mass is 388 g/mol. The number of nitrogens with zero attached hydrogens (tertiary/aromatic N) is 3. The van der Waals surface area contributed by atoms with Gasteiger partial charge in [0.1, 0.15) is 5.69 Å². The molecule has 0 aromatic heterocycles. The topological polar surface area (TPSA) is 78.7 Å². The highest BCUT2D eigenvalue weighted by Crippen LogP contribution is 2.23. The molecule has 0 aliphatic carbocycles. The molecule has 1 aliphatic rings. The van der Waals surface area contributed by atoms with Crippen molar-refractivity contribution in [1.82, 2.24) is 4.90 Å². The van der Waals surface area contributed by atoms with Gasteiger partial charge >= 0.3 is 0 Å². The number of amides is 1. The molecule has 2 aromatic carbocycles. The number of hydrogen-bond donors (Lipinski definition) is 1. The van der Waals surface area contributed by atoms with E-state index in [0.29, 0.717) is 36.8 Å². The summed E-state index contributed by atoms with van der Waals surface area (Å²) in [5.74, 6) is 0.0480. The Bertz CT molecular complexity index is 822. The summed E-state index contributed by atoms with van der Waals surface area (Å²) < 4.78 is 0. The van der Waals surface area contributed by atoms with Crippen LogP contribution in [0.15, 0.2) is 48.5 Å². The number of hydrogen-bond acceptors (Lipinski definition) is 5. The van der Waals surface area contributed by atoms with Crippen molar-refractivity contribution in [1.29, 1.82) is 0 Å². The third-order valence-corrected chi connectivity index (χ3v) is 4.80. The van der Waals surface area contributed by atoms with Gasteiger partial charge in [-0.3, -0.25) is 14.9 Å². The van der Waals surface area contributed by atoms with Crippen molar-refractivity contribution in [2.45, 2.75) is 6.42 Å². The first-order chi connectivity index (χ1) is 13.0. The molecule has 1 amide bonds. The third kappa shape index (κ3) is 4.89. The highest BCUT2D eigenvalue weighted by Gasteiger charge is 2.21. The highest BCUT2D eigenvalue weighted by atomic mass is 35.5. The van der Waals surface area contributed by atoms with Gasteiger partial charge in [0.25, 0.3) is 5.69 Å². The number of carbonyl (C=O) groups excluding carboxylic acids is 1. The van der Waals surface area contributed by atoms with E-state index in [2.05, 4.69) is 10.2 Å². The maximum absolute atomic E-state index is 12.4. The van der Waals surface area contributed by atoms with Crippen LogP contribution in [0, 0.1) is 10.1 Å².